The molecule has 0 aromatic heterocycles. The predicted octanol–water partition coefficient (Wildman–Crippen LogP) is 3.76. The second-order valence-electron chi connectivity index (χ2n) is 5.45. The Balaban J connectivity index is 1.55. The Morgan fingerprint density at radius 1 is 1.35 bits per heavy atom. The Morgan fingerprint density at radius 2 is 2.12 bits per heavy atom. The number of rotatable bonds is 5. The molecule has 0 saturated heterocycles. The SMILES string of the molecule is Fc1cccc(CNCC2(C3CC3)CC2)c1Cl. The zero-order valence-electron chi connectivity index (χ0n) is 9.81. The molecule has 3 rings (SSSR count). The van der Waals surface area contributed by atoms with Gasteiger partial charge in [-0.25, -0.2) is 4.39 Å². The van der Waals surface area contributed by atoms with Gasteiger partial charge in [-0.05, 0) is 48.6 Å². The molecule has 1 nitrogen and oxygen atoms in total. The summed E-state index contributed by atoms with van der Waals surface area (Å²) >= 11 is 5.92. The summed E-state index contributed by atoms with van der Waals surface area (Å²) in [6.45, 7) is 1.73. The van der Waals surface area contributed by atoms with Gasteiger partial charge in [-0.15, -0.1) is 0 Å². The van der Waals surface area contributed by atoms with E-state index in [2.05, 4.69) is 5.32 Å². The lowest BCUT2D eigenvalue weighted by Gasteiger charge is -2.15. The highest BCUT2D eigenvalue weighted by Crippen LogP contribution is 2.60. The number of hydrogen-bond acceptors (Lipinski definition) is 1. The van der Waals surface area contributed by atoms with E-state index in [1.165, 1.54) is 31.7 Å². The Bertz CT molecular complexity index is 424. The van der Waals surface area contributed by atoms with Gasteiger partial charge in [0.25, 0.3) is 0 Å². The van der Waals surface area contributed by atoms with E-state index in [0.29, 0.717) is 12.0 Å². The van der Waals surface area contributed by atoms with Gasteiger partial charge in [-0.2, -0.15) is 0 Å². The zero-order chi connectivity index (χ0) is 11.9. The van der Waals surface area contributed by atoms with Crippen LogP contribution in [-0.2, 0) is 6.54 Å². The average Bonchev–Trinajstić information content (AvgIpc) is 3.14. The van der Waals surface area contributed by atoms with Crippen LogP contribution >= 0.6 is 11.6 Å². The maximum Gasteiger partial charge on any atom is 0.142 e. The van der Waals surface area contributed by atoms with E-state index in [1.54, 1.807) is 6.07 Å². The molecule has 0 heterocycles. The minimum absolute atomic E-state index is 0.260. The van der Waals surface area contributed by atoms with Crippen molar-refractivity contribution in [3.8, 4) is 0 Å². The van der Waals surface area contributed by atoms with Crippen molar-refractivity contribution in [2.24, 2.45) is 11.3 Å². The predicted molar refractivity (Wildman–Crippen MR) is 67.5 cm³/mol. The molecule has 92 valence electrons. The molecule has 1 N–H and O–H groups in total. The molecule has 1 aromatic carbocycles. The summed E-state index contributed by atoms with van der Waals surface area (Å²) < 4.78 is 13.2. The van der Waals surface area contributed by atoms with Gasteiger partial charge in [0.1, 0.15) is 5.82 Å². The molecular formula is C14H17ClFN. The van der Waals surface area contributed by atoms with Gasteiger partial charge in [-0.3, -0.25) is 0 Å². The first kappa shape index (κ1) is 11.5. The average molecular weight is 254 g/mol. The third-order valence-electron chi connectivity index (χ3n) is 4.16. The lowest BCUT2D eigenvalue weighted by molar-refractivity contribution is 0.403. The van der Waals surface area contributed by atoms with E-state index < -0.39 is 0 Å². The molecule has 0 amide bonds. The fourth-order valence-electron chi connectivity index (χ4n) is 2.72. The fraction of sp³-hybridized carbons (Fsp3) is 0.571. The summed E-state index contributed by atoms with van der Waals surface area (Å²) in [5.74, 6) is 0.632. The maximum atomic E-state index is 13.2. The van der Waals surface area contributed by atoms with E-state index in [4.69, 9.17) is 11.6 Å². The summed E-state index contributed by atoms with van der Waals surface area (Å²) in [5.41, 5.74) is 1.44. The first-order valence-corrected chi connectivity index (χ1v) is 6.73. The molecule has 0 bridgehead atoms. The normalized spacial score (nSPS) is 21.5. The second-order valence-corrected chi connectivity index (χ2v) is 5.83. The summed E-state index contributed by atoms with van der Waals surface area (Å²) in [6, 6.07) is 5.00. The standard InChI is InChI=1S/C14H17ClFN/c15-13-10(2-1-3-12(13)16)8-17-9-14(6-7-14)11-4-5-11/h1-3,11,17H,4-9H2. The Hall–Kier alpha value is -0.600. The maximum absolute atomic E-state index is 13.2. The van der Waals surface area contributed by atoms with Crippen molar-refractivity contribution in [2.75, 3.05) is 6.54 Å². The van der Waals surface area contributed by atoms with E-state index in [9.17, 15) is 4.39 Å². The van der Waals surface area contributed by atoms with Crippen molar-refractivity contribution in [2.45, 2.75) is 32.2 Å². The summed E-state index contributed by atoms with van der Waals surface area (Å²) in [4.78, 5) is 0. The first-order valence-electron chi connectivity index (χ1n) is 6.35. The topological polar surface area (TPSA) is 12.0 Å². The molecule has 17 heavy (non-hydrogen) atoms. The number of benzene rings is 1. The van der Waals surface area contributed by atoms with Crippen molar-refractivity contribution < 1.29 is 4.39 Å². The molecule has 2 aliphatic rings. The van der Waals surface area contributed by atoms with Gasteiger partial charge in [0.15, 0.2) is 0 Å². The Morgan fingerprint density at radius 3 is 2.76 bits per heavy atom. The van der Waals surface area contributed by atoms with Crippen LogP contribution in [0.2, 0.25) is 5.02 Å². The third kappa shape index (κ3) is 2.34. The minimum atomic E-state index is -0.325. The summed E-state index contributed by atoms with van der Waals surface area (Å²) in [6.07, 6.45) is 5.54. The number of nitrogens with one attached hydrogen (secondary N) is 1. The summed E-state index contributed by atoms with van der Waals surface area (Å²) in [5, 5.41) is 3.70. The van der Waals surface area contributed by atoms with Crippen molar-refractivity contribution >= 4 is 11.6 Å². The highest BCUT2D eigenvalue weighted by atomic mass is 35.5. The number of hydrogen-bond donors (Lipinski definition) is 1. The molecule has 0 radical (unpaired) electrons. The van der Waals surface area contributed by atoms with Crippen LogP contribution in [0.15, 0.2) is 18.2 Å². The molecule has 0 aliphatic heterocycles. The van der Waals surface area contributed by atoms with E-state index in [-0.39, 0.29) is 10.8 Å². The quantitative estimate of drug-likeness (QED) is 0.843. The van der Waals surface area contributed by atoms with Crippen LogP contribution in [0.3, 0.4) is 0 Å². The van der Waals surface area contributed by atoms with E-state index in [1.807, 2.05) is 6.07 Å². The Labute approximate surface area is 106 Å². The molecule has 2 fully saturated rings. The first-order chi connectivity index (χ1) is 8.21. The minimum Gasteiger partial charge on any atom is -0.312 e. The van der Waals surface area contributed by atoms with E-state index in [0.717, 1.165) is 18.0 Å². The smallest absolute Gasteiger partial charge is 0.142 e. The van der Waals surface area contributed by atoms with E-state index >= 15 is 0 Å². The van der Waals surface area contributed by atoms with Gasteiger partial charge in [0, 0.05) is 13.1 Å². The van der Waals surface area contributed by atoms with Gasteiger partial charge in [-0.1, -0.05) is 23.7 Å². The molecular weight excluding hydrogens is 237 g/mol. The van der Waals surface area contributed by atoms with Crippen LogP contribution in [0.4, 0.5) is 4.39 Å². The second kappa shape index (κ2) is 4.25. The number of halogens is 2. The van der Waals surface area contributed by atoms with Crippen molar-refractivity contribution in [3.05, 3.63) is 34.6 Å². The van der Waals surface area contributed by atoms with Gasteiger partial charge in [0.05, 0.1) is 5.02 Å². The molecule has 3 heteroatoms. The lowest BCUT2D eigenvalue weighted by atomic mass is 10.0. The zero-order valence-corrected chi connectivity index (χ0v) is 10.6. The van der Waals surface area contributed by atoms with Crippen LogP contribution in [0.25, 0.3) is 0 Å². The molecule has 1 aromatic rings. The van der Waals surface area contributed by atoms with Gasteiger partial charge >= 0.3 is 0 Å². The fourth-order valence-corrected chi connectivity index (χ4v) is 2.91. The van der Waals surface area contributed by atoms with Crippen LogP contribution in [0, 0.1) is 17.2 Å². The van der Waals surface area contributed by atoms with Crippen molar-refractivity contribution in [1.82, 2.24) is 5.32 Å². The third-order valence-corrected chi connectivity index (χ3v) is 4.58. The van der Waals surface area contributed by atoms with Crippen molar-refractivity contribution in [3.63, 3.8) is 0 Å². The molecule has 0 spiro atoms. The highest BCUT2D eigenvalue weighted by Gasteiger charge is 2.53. The molecule has 0 unspecified atom stereocenters. The highest BCUT2D eigenvalue weighted by molar-refractivity contribution is 6.31. The lowest BCUT2D eigenvalue weighted by Crippen LogP contribution is -2.25. The Kier molecular flexibility index (Phi) is 2.87. The van der Waals surface area contributed by atoms with Crippen LogP contribution < -0.4 is 5.32 Å². The van der Waals surface area contributed by atoms with Crippen LogP contribution in [0.1, 0.15) is 31.2 Å². The monoisotopic (exact) mass is 253 g/mol. The van der Waals surface area contributed by atoms with Crippen LogP contribution in [0.5, 0.6) is 0 Å². The van der Waals surface area contributed by atoms with Gasteiger partial charge in [0.2, 0.25) is 0 Å². The van der Waals surface area contributed by atoms with Gasteiger partial charge < -0.3 is 5.32 Å². The van der Waals surface area contributed by atoms with Crippen LogP contribution in [-0.4, -0.2) is 6.54 Å². The molecule has 2 saturated carbocycles. The summed E-state index contributed by atoms with van der Waals surface area (Å²) in [7, 11) is 0. The largest absolute Gasteiger partial charge is 0.312 e. The molecule has 0 atom stereocenters. The van der Waals surface area contributed by atoms with Crippen molar-refractivity contribution in [1.29, 1.82) is 0 Å². The molecule has 2 aliphatic carbocycles.